The summed E-state index contributed by atoms with van der Waals surface area (Å²) >= 11 is 0. The van der Waals surface area contributed by atoms with Crippen molar-refractivity contribution < 1.29 is 14.2 Å². The fourth-order valence-corrected chi connectivity index (χ4v) is 5.02. The molecule has 3 fully saturated rings. The van der Waals surface area contributed by atoms with Crippen molar-refractivity contribution >= 4 is 0 Å². The van der Waals surface area contributed by atoms with E-state index < -0.39 is 0 Å². The Morgan fingerprint density at radius 3 is 2.21 bits per heavy atom. The number of unbranched alkanes of at least 4 members (excludes halogenated alkanes) is 5. The van der Waals surface area contributed by atoms with E-state index >= 15 is 0 Å². The molecule has 0 aromatic carbocycles. The van der Waals surface area contributed by atoms with Gasteiger partial charge < -0.3 is 14.2 Å². The van der Waals surface area contributed by atoms with Crippen LogP contribution in [0.25, 0.3) is 0 Å². The van der Waals surface area contributed by atoms with E-state index in [2.05, 4.69) is 24.5 Å². The van der Waals surface area contributed by atoms with Crippen LogP contribution in [0.4, 0.5) is 0 Å². The summed E-state index contributed by atoms with van der Waals surface area (Å²) in [6, 6.07) is 0. The lowest BCUT2D eigenvalue weighted by atomic mass is 9.78. The first-order valence-electron chi connectivity index (χ1n) is 12.7. The van der Waals surface area contributed by atoms with Gasteiger partial charge in [0.25, 0.3) is 0 Å². The van der Waals surface area contributed by atoms with E-state index in [9.17, 15) is 0 Å². The summed E-state index contributed by atoms with van der Waals surface area (Å²) in [5, 5.41) is 7.15. The molecule has 2 aliphatic heterocycles. The summed E-state index contributed by atoms with van der Waals surface area (Å²) in [6.07, 6.45) is 16.7. The van der Waals surface area contributed by atoms with Crippen LogP contribution in [0.15, 0.2) is 0 Å². The molecule has 0 radical (unpaired) electrons. The molecule has 3 aliphatic rings. The lowest BCUT2D eigenvalue weighted by Gasteiger charge is -2.38. The molecule has 5 nitrogen and oxygen atoms in total. The molecule has 2 saturated heterocycles. The van der Waals surface area contributed by atoms with Gasteiger partial charge in [-0.15, -0.1) is 0 Å². The van der Waals surface area contributed by atoms with E-state index in [1.54, 1.807) is 0 Å². The van der Waals surface area contributed by atoms with Crippen LogP contribution < -0.4 is 10.6 Å². The van der Waals surface area contributed by atoms with Gasteiger partial charge in [-0.2, -0.15) is 0 Å². The summed E-state index contributed by atoms with van der Waals surface area (Å²) in [6.45, 7) is 8.33. The van der Waals surface area contributed by atoms with E-state index in [-0.39, 0.29) is 6.35 Å². The third kappa shape index (κ3) is 8.45. The Labute approximate surface area is 179 Å². The van der Waals surface area contributed by atoms with Gasteiger partial charge in [0.1, 0.15) is 6.10 Å². The average molecular weight is 411 g/mol. The highest BCUT2D eigenvalue weighted by Crippen LogP contribution is 2.33. The smallest absolute Gasteiger partial charge is 0.163 e. The molecule has 3 rings (SSSR count). The van der Waals surface area contributed by atoms with Crippen LogP contribution >= 0.6 is 0 Å². The highest BCUT2D eigenvalue weighted by atomic mass is 16.6. The van der Waals surface area contributed by atoms with E-state index in [0.29, 0.717) is 18.3 Å². The monoisotopic (exact) mass is 410 g/mol. The van der Waals surface area contributed by atoms with Crippen LogP contribution in [0.5, 0.6) is 0 Å². The van der Waals surface area contributed by atoms with Crippen LogP contribution in [0.1, 0.15) is 90.9 Å². The third-order valence-corrected chi connectivity index (χ3v) is 7.06. The Hall–Kier alpha value is -0.200. The fraction of sp³-hybridized carbons (Fsp3) is 1.00. The maximum atomic E-state index is 6.15. The largest absolute Gasteiger partial charge is 0.375 e. The average Bonchev–Trinajstić information content (AvgIpc) is 3.51. The molecule has 2 unspecified atom stereocenters. The lowest BCUT2D eigenvalue weighted by molar-refractivity contribution is -0.0305. The van der Waals surface area contributed by atoms with Gasteiger partial charge in [0.2, 0.25) is 0 Å². The van der Waals surface area contributed by atoms with Crippen LogP contribution in [0, 0.1) is 11.8 Å². The van der Waals surface area contributed by atoms with Gasteiger partial charge in [0.05, 0.1) is 25.4 Å². The second-order valence-electron chi connectivity index (χ2n) is 9.47. The van der Waals surface area contributed by atoms with Crippen LogP contribution in [-0.2, 0) is 14.2 Å². The molecule has 29 heavy (non-hydrogen) atoms. The number of epoxide rings is 1. The van der Waals surface area contributed by atoms with Crippen molar-refractivity contribution in [3.05, 3.63) is 0 Å². The summed E-state index contributed by atoms with van der Waals surface area (Å²) in [7, 11) is 0. The topological polar surface area (TPSA) is 55.0 Å². The van der Waals surface area contributed by atoms with Crippen molar-refractivity contribution in [3.63, 3.8) is 0 Å². The SMILES string of the molecule is CCCCCCCCOC1NCC(C2CCC(OCC3OC3CCC)CC2)CN1. The fourth-order valence-electron chi connectivity index (χ4n) is 5.02. The van der Waals surface area contributed by atoms with Gasteiger partial charge in [-0.3, -0.25) is 10.6 Å². The van der Waals surface area contributed by atoms with Crippen molar-refractivity contribution in [2.45, 2.75) is 116 Å². The molecule has 0 spiro atoms. The van der Waals surface area contributed by atoms with E-state index in [1.165, 1.54) is 77.0 Å². The number of nitrogens with one attached hydrogen (secondary N) is 2. The highest BCUT2D eigenvalue weighted by Gasteiger charge is 2.39. The molecule has 2 N–H and O–H groups in total. The number of rotatable bonds is 14. The van der Waals surface area contributed by atoms with E-state index in [0.717, 1.165) is 38.1 Å². The summed E-state index contributed by atoms with van der Waals surface area (Å²) in [4.78, 5) is 0. The van der Waals surface area contributed by atoms with E-state index in [4.69, 9.17) is 14.2 Å². The molecule has 1 saturated carbocycles. The van der Waals surface area contributed by atoms with Crippen molar-refractivity contribution in [2.24, 2.45) is 11.8 Å². The number of ether oxygens (including phenoxy) is 3. The summed E-state index contributed by atoms with van der Waals surface area (Å²) in [5.74, 6) is 1.55. The van der Waals surface area contributed by atoms with Crippen LogP contribution in [0.3, 0.4) is 0 Å². The first-order valence-corrected chi connectivity index (χ1v) is 12.7. The highest BCUT2D eigenvalue weighted by molar-refractivity contribution is 4.86. The van der Waals surface area contributed by atoms with Crippen molar-refractivity contribution in [1.29, 1.82) is 0 Å². The summed E-state index contributed by atoms with van der Waals surface area (Å²) in [5.41, 5.74) is 0. The Bertz CT molecular complexity index is 420. The maximum Gasteiger partial charge on any atom is 0.163 e. The second-order valence-corrected chi connectivity index (χ2v) is 9.47. The minimum Gasteiger partial charge on any atom is -0.375 e. The zero-order chi connectivity index (χ0) is 20.3. The Balaban J connectivity index is 1.19. The van der Waals surface area contributed by atoms with Crippen LogP contribution in [-0.4, -0.2) is 51.0 Å². The van der Waals surface area contributed by atoms with Crippen molar-refractivity contribution in [2.75, 3.05) is 26.3 Å². The molecule has 0 aromatic rings. The van der Waals surface area contributed by atoms with Gasteiger partial charge in [0.15, 0.2) is 6.35 Å². The van der Waals surface area contributed by atoms with E-state index in [1.807, 2.05) is 0 Å². The summed E-state index contributed by atoms with van der Waals surface area (Å²) < 4.78 is 17.8. The standard InChI is InChI=1S/C24H46N2O3/c1-3-5-6-7-8-9-15-27-24-25-16-20(17-26-24)19-11-13-21(14-12-19)28-18-23-22(29-23)10-4-2/h19-26H,3-18H2,1-2H3. The van der Waals surface area contributed by atoms with Gasteiger partial charge in [-0.05, 0) is 50.4 Å². The molecule has 2 atom stereocenters. The molecular weight excluding hydrogens is 364 g/mol. The molecule has 0 bridgehead atoms. The maximum absolute atomic E-state index is 6.15. The zero-order valence-electron chi connectivity index (χ0n) is 19.0. The Kier molecular flexibility index (Phi) is 10.7. The molecule has 2 heterocycles. The Morgan fingerprint density at radius 2 is 1.48 bits per heavy atom. The molecule has 0 amide bonds. The molecule has 1 aliphatic carbocycles. The minimum absolute atomic E-state index is 0.0520. The molecular formula is C24H46N2O3. The first-order chi connectivity index (χ1) is 14.3. The predicted octanol–water partition coefficient (Wildman–Crippen LogP) is 4.60. The van der Waals surface area contributed by atoms with Crippen molar-refractivity contribution in [3.8, 4) is 0 Å². The quantitative estimate of drug-likeness (QED) is 0.324. The van der Waals surface area contributed by atoms with Gasteiger partial charge in [-0.1, -0.05) is 52.4 Å². The zero-order valence-corrected chi connectivity index (χ0v) is 19.0. The van der Waals surface area contributed by atoms with Crippen molar-refractivity contribution in [1.82, 2.24) is 10.6 Å². The number of hydrogen-bond donors (Lipinski definition) is 2. The second kappa shape index (κ2) is 13.3. The van der Waals surface area contributed by atoms with Gasteiger partial charge in [0, 0.05) is 13.1 Å². The Morgan fingerprint density at radius 1 is 0.759 bits per heavy atom. The van der Waals surface area contributed by atoms with Gasteiger partial charge in [-0.25, -0.2) is 0 Å². The third-order valence-electron chi connectivity index (χ3n) is 7.06. The lowest BCUT2D eigenvalue weighted by Crippen LogP contribution is -2.55. The molecule has 170 valence electrons. The van der Waals surface area contributed by atoms with Gasteiger partial charge >= 0.3 is 0 Å². The molecule has 5 heteroatoms. The number of hydrogen-bond acceptors (Lipinski definition) is 5. The first kappa shape index (κ1) is 23.5. The predicted molar refractivity (Wildman–Crippen MR) is 118 cm³/mol. The minimum atomic E-state index is 0.0520. The van der Waals surface area contributed by atoms with Crippen LogP contribution in [0.2, 0.25) is 0 Å². The normalized spacial score (nSPS) is 35.0. The molecule has 0 aromatic heterocycles.